The summed E-state index contributed by atoms with van der Waals surface area (Å²) in [5.41, 5.74) is 3.58. The summed E-state index contributed by atoms with van der Waals surface area (Å²) in [6.45, 7) is 10.8. The molecule has 0 aliphatic carbocycles. The molecule has 5 heteroatoms. The summed E-state index contributed by atoms with van der Waals surface area (Å²) in [6, 6.07) is 8.74. The van der Waals surface area contributed by atoms with Crippen LogP contribution in [0.4, 0.5) is 4.79 Å². The maximum atomic E-state index is 12.5. The highest BCUT2D eigenvalue weighted by Gasteiger charge is 2.27. The number of benzene rings is 1. The molecule has 26 heavy (non-hydrogen) atoms. The molecule has 1 aromatic heterocycles. The molecule has 1 aromatic carbocycles. The summed E-state index contributed by atoms with van der Waals surface area (Å²) in [4.78, 5) is 19.0. The highest BCUT2D eigenvalue weighted by Crippen LogP contribution is 2.23. The van der Waals surface area contributed by atoms with E-state index in [0.29, 0.717) is 18.5 Å². The molecule has 5 nitrogen and oxygen atoms in total. The Kier molecular flexibility index (Phi) is 5.64. The van der Waals surface area contributed by atoms with Gasteiger partial charge in [0.05, 0.1) is 0 Å². The monoisotopic (exact) mass is 354 g/mol. The summed E-state index contributed by atoms with van der Waals surface area (Å²) in [7, 11) is 0. The van der Waals surface area contributed by atoms with Gasteiger partial charge in [-0.2, -0.15) is 0 Å². The van der Waals surface area contributed by atoms with E-state index in [-0.39, 0.29) is 6.03 Å². The number of carbonyl (C=O) groups excluding carboxylic acids is 1. The van der Waals surface area contributed by atoms with Gasteiger partial charge in [-0.3, -0.25) is 0 Å². The molecule has 1 N–H and O–H groups in total. The molecule has 1 aliphatic heterocycles. The van der Waals surface area contributed by atoms with Crippen LogP contribution in [-0.2, 0) is 13.0 Å². The standard InChI is InChI=1S/C21H30N4O/c1-15(2)25-17(4)12-22-20(25)11-19-9-10-24(14-19)21(26)23-13-18-7-5-16(3)6-8-18/h5-8,12,15,19H,9-11,13-14H2,1-4H3,(H,23,26). The van der Waals surface area contributed by atoms with Crippen molar-refractivity contribution in [1.82, 2.24) is 19.8 Å². The van der Waals surface area contributed by atoms with Crippen molar-refractivity contribution in [2.45, 2.75) is 53.1 Å². The fraction of sp³-hybridized carbons (Fsp3) is 0.524. The second-order valence-corrected chi connectivity index (χ2v) is 7.73. The summed E-state index contributed by atoms with van der Waals surface area (Å²) >= 11 is 0. The van der Waals surface area contributed by atoms with E-state index in [2.05, 4.69) is 66.8 Å². The Hall–Kier alpha value is -2.30. The maximum absolute atomic E-state index is 12.5. The van der Waals surface area contributed by atoms with Gasteiger partial charge in [0.25, 0.3) is 0 Å². The van der Waals surface area contributed by atoms with Gasteiger partial charge in [-0.15, -0.1) is 0 Å². The Balaban J connectivity index is 1.52. The molecule has 1 atom stereocenters. The molecule has 0 bridgehead atoms. The van der Waals surface area contributed by atoms with Gasteiger partial charge in [0, 0.05) is 44.0 Å². The first kappa shape index (κ1) is 18.5. The highest BCUT2D eigenvalue weighted by molar-refractivity contribution is 5.74. The van der Waals surface area contributed by atoms with Crippen LogP contribution >= 0.6 is 0 Å². The number of nitrogens with zero attached hydrogens (tertiary/aromatic N) is 3. The largest absolute Gasteiger partial charge is 0.334 e. The van der Waals surface area contributed by atoms with Gasteiger partial charge in [0.15, 0.2) is 0 Å². The van der Waals surface area contributed by atoms with Crippen LogP contribution in [-0.4, -0.2) is 33.6 Å². The minimum Gasteiger partial charge on any atom is -0.334 e. The quantitative estimate of drug-likeness (QED) is 0.886. The first-order chi connectivity index (χ1) is 12.4. The maximum Gasteiger partial charge on any atom is 0.317 e. The number of amides is 2. The molecule has 0 saturated carbocycles. The second-order valence-electron chi connectivity index (χ2n) is 7.73. The molecule has 2 amide bonds. The summed E-state index contributed by atoms with van der Waals surface area (Å²) < 4.78 is 2.31. The van der Waals surface area contributed by atoms with Crippen LogP contribution in [0.25, 0.3) is 0 Å². The number of nitrogens with one attached hydrogen (secondary N) is 1. The molecule has 1 saturated heterocycles. The van der Waals surface area contributed by atoms with Gasteiger partial charge in [-0.25, -0.2) is 9.78 Å². The number of likely N-dealkylation sites (tertiary alicyclic amines) is 1. The zero-order chi connectivity index (χ0) is 18.7. The smallest absolute Gasteiger partial charge is 0.317 e. The summed E-state index contributed by atoms with van der Waals surface area (Å²) in [5, 5.41) is 3.04. The molecule has 1 unspecified atom stereocenters. The van der Waals surface area contributed by atoms with Gasteiger partial charge in [0.2, 0.25) is 0 Å². The van der Waals surface area contributed by atoms with Crippen LogP contribution in [0.5, 0.6) is 0 Å². The van der Waals surface area contributed by atoms with Crippen LogP contribution < -0.4 is 5.32 Å². The topological polar surface area (TPSA) is 50.2 Å². The molecule has 1 fully saturated rings. The Morgan fingerprint density at radius 2 is 2.00 bits per heavy atom. The molecule has 3 rings (SSSR count). The third-order valence-electron chi connectivity index (χ3n) is 5.18. The molecule has 2 aromatic rings. The lowest BCUT2D eigenvalue weighted by molar-refractivity contribution is 0.206. The van der Waals surface area contributed by atoms with Crippen molar-refractivity contribution < 1.29 is 4.79 Å². The lowest BCUT2D eigenvalue weighted by Gasteiger charge is -2.19. The van der Waals surface area contributed by atoms with Crippen LogP contribution in [0.3, 0.4) is 0 Å². The zero-order valence-corrected chi connectivity index (χ0v) is 16.3. The number of aromatic nitrogens is 2. The first-order valence-corrected chi connectivity index (χ1v) is 9.55. The van der Waals surface area contributed by atoms with Crippen LogP contribution in [0, 0.1) is 19.8 Å². The lowest BCUT2D eigenvalue weighted by Crippen LogP contribution is -2.38. The minimum absolute atomic E-state index is 0.0384. The molecule has 1 aliphatic rings. The molecule has 0 radical (unpaired) electrons. The van der Waals surface area contributed by atoms with Gasteiger partial charge < -0.3 is 14.8 Å². The molecule has 0 spiro atoms. The van der Waals surface area contributed by atoms with E-state index in [1.54, 1.807) is 0 Å². The van der Waals surface area contributed by atoms with Gasteiger partial charge in [-0.05, 0) is 45.6 Å². The van der Waals surface area contributed by atoms with Crippen molar-refractivity contribution in [1.29, 1.82) is 0 Å². The van der Waals surface area contributed by atoms with Crippen molar-refractivity contribution >= 4 is 6.03 Å². The fourth-order valence-electron chi connectivity index (χ4n) is 3.79. The van der Waals surface area contributed by atoms with E-state index in [4.69, 9.17) is 0 Å². The predicted octanol–water partition coefficient (Wildman–Crippen LogP) is 3.86. The van der Waals surface area contributed by atoms with Gasteiger partial charge >= 0.3 is 6.03 Å². The molecular weight excluding hydrogens is 324 g/mol. The summed E-state index contributed by atoms with van der Waals surface area (Å²) in [5.74, 6) is 1.63. The van der Waals surface area contributed by atoms with E-state index in [9.17, 15) is 4.79 Å². The van der Waals surface area contributed by atoms with E-state index in [1.807, 2.05) is 11.1 Å². The predicted molar refractivity (Wildman–Crippen MR) is 104 cm³/mol. The Morgan fingerprint density at radius 3 is 2.69 bits per heavy atom. The van der Waals surface area contributed by atoms with E-state index in [0.717, 1.165) is 37.3 Å². The molecule has 2 heterocycles. The molecular formula is C21H30N4O. The third-order valence-corrected chi connectivity index (χ3v) is 5.18. The van der Waals surface area contributed by atoms with Crippen molar-refractivity contribution in [3.63, 3.8) is 0 Å². The second kappa shape index (κ2) is 7.94. The number of hydrogen-bond acceptors (Lipinski definition) is 2. The van der Waals surface area contributed by atoms with Crippen molar-refractivity contribution in [3.8, 4) is 0 Å². The van der Waals surface area contributed by atoms with E-state index in [1.165, 1.54) is 11.3 Å². The zero-order valence-electron chi connectivity index (χ0n) is 16.3. The average Bonchev–Trinajstić information content (AvgIpc) is 3.21. The SMILES string of the molecule is Cc1ccc(CNC(=O)N2CCC(Cc3ncc(C)n3C(C)C)C2)cc1. The van der Waals surface area contributed by atoms with Gasteiger partial charge in [-0.1, -0.05) is 29.8 Å². The Morgan fingerprint density at radius 1 is 1.27 bits per heavy atom. The number of urea groups is 1. The van der Waals surface area contributed by atoms with Crippen LogP contribution in [0.1, 0.15) is 49.0 Å². The van der Waals surface area contributed by atoms with E-state index >= 15 is 0 Å². The van der Waals surface area contributed by atoms with Crippen LogP contribution in [0.15, 0.2) is 30.5 Å². The number of carbonyl (C=O) groups is 1. The number of rotatable bonds is 5. The number of aryl methyl sites for hydroxylation is 2. The van der Waals surface area contributed by atoms with Crippen molar-refractivity contribution in [2.24, 2.45) is 5.92 Å². The van der Waals surface area contributed by atoms with Gasteiger partial charge in [0.1, 0.15) is 5.82 Å². The summed E-state index contributed by atoms with van der Waals surface area (Å²) in [6.07, 6.45) is 3.94. The number of imidazole rings is 1. The normalized spacial score (nSPS) is 17.1. The third kappa shape index (κ3) is 4.26. The Labute approximate surface area is 156 Å². The first-order valence-electron chi connectivity index (χ1n) is 9.55. The fourth-order valence-corrected chi connectivity index (χ4v) is 3.79. The lowest BCUT2D eigenvalue weighted by atomic mass is 10.0. The Bertz CT molecular complexity index is 748. The van der Waals surface area contributed by atoms with E-state index < -0.39 is 0 Å². The van der Waals surface area contributed by atoms with Crippen molar-refractivity contribution in [2.75, 3.05) is 13.1 Å². The van der Waals surface area contributed by atoms with Crippen molar-refractivity contribution in [3.05, 3.63) is 53.1 Å². The average molecular weight is 354 g/mol. The highest BCUT2D eigenvalue weighted by atomic mass is 16.2. The minimum atomic E-state index is 0.0384. The molecule has 140 valence electrons. The van der Waals surface area contributed by atoms with Crippen LogP contribution in [0.2, 0.25) is 0 Å². The number of hydrogen-bond donors (Lipinski definition) is 1.